The molecule has 3 nitrogen and oxygen atoms in total. The quantitative estimate of drug-likeness (QED) is 0.583. The Morgan fingerprint density at radius 2 is 2.42 bits per heavy atom. The zero-order valence-corrected chi connectivity index (χ0v) is 7.34. The molecule has 1 N–H and O–H groups in total. The highest BCUT2D eigenvalue weighted by Gasteiger charge is 2.27. The van der Waals surface area contributed by atoms with Gasteiger partial charge in [0.05, 0.1) is 12.5 Å². The minimum atomic E-state index is 0.165. The minimum Gasteiger partial charge on any atom is -0.332 e. The normalized spacial score (nSPS) is 16.3. The van der Waals surface area contributed by atoms with Crippen molar-refractivity contribution in [1.82, 2.24) is 10.2 Å². The highest BCUT2D eigenvalue weighted by Crippen LogP contribution is 2.07. The maximum atomic E-state index is 11.5. The molecule has 1 rings (SSSR count). The first-order valence-corrected chi connectivity index (χ1v) is 4.22. The third-order valence-corrected chi connectivity index (χ3v) is 2.11. The molecule has 1 saturated heterocycles. The Morgan fingerprint density at radius 3 is 2.75 bits per heavy atom. The van der Waals surface area contributed by atoms with Crippen LogP contribution in [0.2, 0.25) is 0 Å². The van der Waals surface area contributed by atoms with Gasteiger partial charge in [0.2, 0.25) is 5.91 Å². The van der Waals surface area contributed by atoms with E-state index in [1.807, 2.05) is 6.92 Å². The zero-order chi connectivity index (χ0) is 8.97. The van der Waals surface area contributed by atoms with E-state index in [1.165, 1.54) is 0 Å². The maximum Gasteiger partial charge on any atom is 0.229 e. The summed E-state index contributed by atoms with van der Waals surface area (Å²) in [4.78, 5) is 13.3. The van der Waals surface area contributed by atoms with E-state index in [-0.39, 0.29) is 11.8 Å². The average molecular weight is 166 g/mol. The van der Waals surface area contributed by atoms with E-state index in [0.29, 0.717) is 13.1 Å². The molecule has 1 amide bonds. The van der Waals surface area contributed by atoms with Crippen LogP contribution in [0, 0.1) is 18.3 Å². The van der Waals surface area contributed by atoms with Crippen molar-refractivity contribution in [3.8, 4) is 12.3 Å². The fourth-order valence-corrected chi connectivity index (χ4v) is 1.18. The number of hydrogen-bond acceptors (Lipinski definition) is 2. The van der Waals surface area contributed by atoms with Gasteiger partial charge >= 0.3 is 0 Å². The third-order valence-electron chi connectivity index (χ3n) is 2.11. The monoisotopic (exact) mass is 166 g/mol. The van der Waals surface area contributed by atoms with Gasteiger partial charge in [-0.15, -0.1) is 6.42 Å². The smallest absolute Gasteiger partial charge is 0.229 e. The van der Waals surface area contributed by atoms with Crippen LogP contribution >= 0.6 is 0 Å². The van der Waals surface area contributed by atoms with Gasteiger partial charge in [-0.3, -0.25) is 4.79 Å². The Balaban J connectivity index is 2.42. The van der Waals surface area contributed by atoms with Crippen molar-refractivity contribution in [2.75, 3.05) is 26.2 Å². The molecular formula is C9H14N2O. The van der Waals surface area contributed by atoms with Crippen LogP contribution in [0.25, 0.3) is 0 Å². The second kappa shape index (κ2) is 4.13. The molecular weight excluding hydrogens is 152 g/mol. The summed E-state index contributed by atoms with van der Waals surface area (Å²) in [7, 11) is 0. The van der Waals surface area contributed by atoms with E-state index in [9.17, 15) is 4.79 Å². The van der Waals surface area contributed by atoms with E-state index in [4.69, 9.17) is 6.42 Å². The van der Waals surface area contributed by atoms with Crippen LogP contribution in [0.1, 0.15) is 6.92 Å². The van der Waals surface area contributed by atoms with E-state index >= 15 is 0 Å². The van der Waals surface area contributed by atoms with Crippen LogP contribution in [0.5, 0.6) is 0 Å². The van der Waals surface area contributed by atoms with E-state index in [1.54, 1.807) is 4.90 Å². The van der Waals surface area contributed by atoms with Crippen molar-refractivity contribution in [2.45, 2.75) is 6.92 Å². The lowest BCUT2D eigenvalue weighted by Crippen LogP contribution is -2.52. The third kappa shape index (κ3) is 1.77. The Kier molecular flexibility index (Phi) is 3.12. The summed E-state index contributed by atoms with van der Waals surface area (Å²) in [6.45, 7) is 4.70. The van der Waals surface area contributed by atoms with Crippen LogP contribution in [0.4, 0.5) is 0 Å². The molecule has 0 atom stereocenters. The van der Waals surface area contributed by atoms with Crippen molar-refractivity contribution in [3.05, 3.63) is 0 Å². The lowest BCUT2D eigenvalue weighted by Gasteiger charge is -2.30. The lowest BCUT2D eigenvalue weighted by atomic mass is 10.0. The lowest BCUT2D eigenvalue weighted by molar-refractivity contribution is -0.136. The molecule has 12 heavy (non-hydrogen) atoms. The standard InChI is InChI=1S/C9H14N2O/c1-3-5-11(4-2)9(12)8-6-10-7-8/h1,8,10H,4-7H2,2H3. The van der Waals surface area contributed by atoms with Crippen molar-refractivity contribution in [1.29, 1.82) is 0 Å². The summed E-state index contributed by atoms with van der Waals surface area (Å²) in [6.07, 6.45) is 5.14. The summed E-state index contributed by atoms with van der Waals surface area (Å²) in [5, 5.41) is 3.06. The number of carbonyl (C=O) groups is 1. The topological polar surface area (TPSA) is 32.3 Å². The summed E-state index contributed by atoms with van der Waals surface area (Å²) in [5.41, 5.74) is 0. The van der Waals surface area contributed by atoms with Crippen LogP contribution in [-0.2, 0) is 4.79 Å². The largest absolute Gasteiger partial charge is 0.332 e. The van der Waals surface area contributed by atoms with Gasteiger partial charge in [-0.25, -0.2) is 0 Å². The molecule has 0 aromatic heterocycles. The van der Waals surface area contributed by atoms with Gasteiger partial charge in [0.1, 0.15) is 0 Å². The Bertz CT molecular complexity index is 203. The van der Waals surface area contributed by atoms with Crippen molar-refractivity contribution in [3.63, 3.8) is 0 Å². The van der Waals surface area contributed by atoms with Crippen LogP contribution in [0.3, 0.4) is 0 Å². The maximum absolute atomic E-state index is 11.5. The molecule has 0 radical (unpaired) electrons. The van der Waals surface area contributed by atoms with Crippen molar-refractivity contribution >= 4 is 5.91 Å². The zero-order valence-electron chi connectivity index (χ0n) is 7.34. The number of nitrogens with zero attached hydrogens (tertiary/aromatic N) is 1. The van der Waals surface area contributed by atoms with Gasteiger partial charge in [0, 0.05) is 19.6 Å². The number of rotatable bonds is 3. The predicted molar refractivity (Wildman–Crippen MR) is 47.4 cm³/mol. The fourth-order valence-electron chi connectivity index (χ4n) is 1.18. The highest BCUT2D eigenvalue weighted by molar-refractivity contribution is 5.80. The van der Waals surface area contributed by atoms with E-state index in [2.05, 4.69) is 11.2 Å². The molecule has 0 bridgehead atoms. The number of terminal acetylenes is 1. The molecule has 0 saturated carbocycles. The Hall–Kier alpha value is -1.01. The Morgan fingerprint density at radius 1 is 1.75 bits per heavy atom. The van der Waals surface area contributed by atoms with Gasteiger partial charge in [-0.05, 0) is 6.92 Å². The molecule has 3 heteroatoms. The van der Waals surface area contributed by atoms with Crippen molar-refractivity contribution in [2.24, 2.45) is 5.92 Å². The average Bonchev–Trinajstić information content (AvgIpc) is 1.96. The molecule has 1 fully saturated rings. The Labute approximate surface area is 73.1 Å². The molecule has 0 spiro atoms. The van der Waals surface area contributed by atoms with Gasteiger partial charge in [0.15, 0.2) is 0 Å². The number of nitrogens with one attached hydrogen (secondary N) is 1. The van der Waals surface area contributed by atoms with Gasteiger partial charge in [-0.1, -0.05) is 5.92 Å². The second-order valence-electron chi connectivity index (χ2n) is 2.91. The van der Waals surface area contributed by atoms with Crippen molar-refractivity contribution < 1.29 is 4.79 Å². The van der Waals surface area contributed by atoms with Gasteiger partial charge in [0.25, 0.3) is 0 Å². The summed E-state index contributed by atoms with van der Waals surface area (Å²) < 4.78 is 0. The number of amides is 1. The molecule has 1 aliphatic rings. The summed E-state index contributed by atoms with van der Waals surface area (Å²) in [5.74, 6) is 2.84. The predicted octanol–water partition coefficient (Wildman–Crippen LogP) is -0.312. The molecule has 66 valence electrons. The minimum absolute atomic E-state index is 0.165. The molecule has 1 heterocycles. The summed E-state index contributed by atoms with van der Waals surface area (Å²) in [6, 6.07) is 0. The molecule has 0 unspecified atom stereocenters. The first-order chi connectivity index (χ1) is 5.79. The molecule has 1 aliphatic heterocycles. The van der Waals surface area contributed by atoms with Gasteiger partial charge in [-0.2, -0.15) is 0 Å². The number of hydrogen-bond donors (Lipinski definition) is 1. The van der Waals surface area contributed by atoms with E-state index in [0.717, 1.165) is 13.1 Å². The molecule has 0 aromatic carbocycles. The summed E-state index contributed by atoms with van der Waals surface area (Å²) >= 11 is 0. The second-order valence-corrected chi connectivity index (χ2v) is 2.91. The SMILES string of the molecule is C#CCN(CC)C(=O)C1CNC1. The van der Waals surface area contributed by atoms with E-state index < -0.39 is 0 Å². The fraction of sp³-hybridized carbons (Fsp3) is 0.667. The first kappa shape index (κ1) is 9.08. The van der Waals surface area contributed by atoms with Crippen LogP contribution < -0.4 is 5.32 Å². The molecule has 0 aromatic rings. The molecule has 0 aliphatic carbocycles. The first-order valence-electron chi connectivity index (χ1n) is 4.22. The number of carbonyl (C=O) groups excluding carboxylic acids is 1. The van der Waals surface area contributed by atoms with Gasteiger partial charge < -0.3 is 10.2 Å². The van der Waals surface area contributed by atoms with Crippen LogP contribution in [-0.4, -0.2) is 37.0 Å². The van der Waals surface area contributed by atoms with Crippen LogP contribution in [0.15, 0.2) is 0 Å². The highest BCUT2D eigenvalue weighted by atomic mass is 16.2.